The summed E-state index contributed by atoms with van der Waals surface area (Å²) < 4.78 is 5.17. The minimum atomic E-state index is -0.354. The van der Waals surface area contributed by atoms with Crippen molar-refractivity contribution in [2.24, 2.45) is 11.7 Å². The zero-order chi connectivity index (χ0) is 16.3. The molecule has 23 heavy (non-hydrogen) atoms. The zero-order valence-corrected chi connectivity index (χ0v) is 14.4. The highest BCUT2D eigenvalue weighted by Crippen LogP contribution is 2.40. The monoisotopic (exact) mass is 317 g/mol. The van der Waals surface area contributed by atoms with Crippen molar-refractivity contribution in [2.45, 2.75) is 62.8 Å². The Kier molecular flexibility index (Phi) is 5.40. The van der Waals surface area contributed by atoms with E-state index in [4.69, 9.17) is 10.5 Å². The van der Waals surface area contributed by atoms with Crippen LogP contribution in [0.5, 0.6) is 0 Å². The topological polar surface area (TPSA) is 55.5 Å². The largest absolute Gasteiger partial charge is 0.394 e. The van der Waals surface area contributed by atoms with Crippen LogP contribution >= 0.6 is 0 Å². The number of aliphatic hydroxyl groups is 1. The molecule has 3 atom stereocenters. The quantitative estimate of drug-likeness (QED) is 0.792. The number of rotatable bonds is 6. The SMILES string of the molecule is COCCCC1CCc2cc([C@H]3CC[C@](N)(CO)C3)ccc2C1. The molecule has 1 unspecified atom stereocenters. The average Bonchev–Trinajstić information content (AvgIpc) is 2.98. The van der Waals surface area contributed by atoms with Crippen molar-refractivity contribution in [3.63, 3.8) is 0 Å². The highest BCUT2D eigenvalue weighted by atomic mass is 16.5. The highest BCUT2D eigenvalue weighted by Gasteiger charge is 2.36. The van der Waals surface area contributed by atoms with E-state index in [9.17, 15) is 5.11 Å². The van der Waals surface area contributed by atoms with Crippen LogP contribution in [0.15, 0.2) is 18.2 Å². The Hall–Kier alpha value is -0.900. The second-order valence-electron chi connectivity index (χ2n) is 7.73. The molecule has 1 aromatic carbocycles. The molecule has 3 rings (SSSR count). The summed E-state index contributed by atoms with van der Waals surface area (Å²) in [5.41, 5.74) is 10.4. The molecule has 1 aromatic rings. The van der Waals surface area contributed by atoms with Gasteiger partial charge in [-0.2, -0.15) is 0 Å². The Labute approximate surface area is 140 Å². The first-order valence-corrected chi connectivity index (χ1v) is 9.14. The van der Waals surface area contributed by atoms with Crippen molar-refractivity contribution in [3.05, 3.63) is 34.9 Å². The fourth-order valence-corrected chi connectivity index (χ4v) is 4.45. The van der Waals surface area contributed by atoms with Gasteiger partial charge in [0.15, 0.2) is 0 Å². The third kappa shape index (κ3) is 3.96. The summed E-state index contributed by atoms with van der Waals surface area (Å²) in [6.45, 7) is 0.993. The van der Waals surface area contributed by atoms with E-state index < -0.39 is 0 Å². The smallest absolute Gasteiger partial charge is 0.0611 e. The summed E-state index contributed by atoms with van der Waals surface area (Å²) in [5.74, 6) is 1.35. The molecule has 0 radical (unpaired) electrons. The number of fused-ring (bicyclic) bond motifs is 1. The standard InChI is InChI=1S/C20H31NO2/c1-23-10-2-3-15-4-5-17-12-18(7-6-16(17)11-15)19-8-9-20(21,13-19)14-22/h6-7,12,15,19,22H,2-5,8-11,13-14,21H2,1H3/t15?,19-,20+/m0/s1. The van der Waals surface area contributed by atoms with Gasteiger partial charge in [-0.05, 0) is 79.9 Å². The summed E-state index contributed by atoms with van der Waals surface area (Å²) in [6, 6.07) is 7.08. The molecule has 0 heterocycles. The normalized spacial score (nSPS) is 30.4. The molecule has 0 saturated heterocycles. The number of methoxy groups -OCH3 is 1. The summed E-state index contributed by atoms with van der Waals surface area (Å²) in [4.78, 5) is 0. The van der Waals surface area contributed by atoms with Crippen molar-refractivity contribution in [2.75, 3.05) is 20.3 Å². The molecular weight excluding hydrogens is 286 g/mol. The fourth-order valence-electron chi connectivity index (χ4n) is 4.45. The molecule has 0 aromatic heterocycles. The lowest BCUT2D eigenvalue weighted by Gasteiger charge is -2.26. The molecule has 0 amide bonds. The minimum absolute atomic E-state index is 0.109. The predicted octanol–water partition coefficient (Wildman–Crippen LogP) is 3.18. The lowest BCUT2D eigenvalue weighted by Crippen LogP contribution is -2.40. The van der Waals surface area contributed by atoms with Crippen molar-refractivity contribution >= 4 is 0 Å². The van der Waals surface area contributed by atoms with E-state index in [0.29, 0.717) is 5.92 Å². The van der Waals surface area contributed by atoms with Crippen molar-refractivity contribution in [3.8, 4) is 0 Å². The van der Waals surface area contributed by atoms with E-state index in [-0.39, 0.29) is 12.1 Å². The Morgan fingerprint density at radius 1 is 1.30 bits per heavy atom. The molecular formula is C20H31NO2. The van der Waals surface area contributed by atoms with Crippen LogP contribution in [-0.4, -0.2) is 31.0 Å². The van der Waals surface area contributed by atoms with Crippen LogP contribution in [-0.2, 0) is 17.6 Å². The number of benzene rings is 1. The Morgan fingerprint density at radius 3 is 2.91 bits per heavy atom. The van der Waals surface area contributed by atoms with Gasteiger partial charge in [-0.25, -0.2) is 0 Å². The summed E-state index contributed by atoms with van der Waals surface area (Å²) in [6.07, 6.45) is 9.16. The minimum Gasteiger partial charge on any atom is -0.394 e. The first-order valence-electron chi connectivity index (χ1n) is 9.14. The van der Waals surface area contributed by atoms with Gasteiger partial charge in [-0.15, -0.1) is 0 Å². The summed E-state index contributed by atoms with van der Waals surface area (Å²) in [5, 5.41) is 9.47. The molecule has 128 valence electrons. The zero-order valence-electron chi connectivity index (χ0n) is 14.4. The Bertz CT molecular complexity index is 530. The van der Waals surface area contributed by atoms with E-state index >= 15 is 0 Å². The van der Waals surface area contributed by atoms with Crippen LogP contribution in [0.4, 0.5) is 0 Å². The number of aliphatic hydroxyl groups excluding tert-OH is 1. The van der Waals surface area contributed by atoms with Gasteiger partial charge in [0, 0.05) is 19.3 Å². The van der Waals surface area contributed by atoms with Gasteiger partial charge in [0.1, 0.15) is 0 Å². The van der Waals surface area contributed by atoms with Gasteiger partial charge in [0.2, 0.25) is 0 Å². The van der Waals surface area contributed by atoms with Gasteiger partial charge < -0.3 is 15.6 Å². The molecule has 3 heteroatoms. The molecule has 2 aliphatic carbocycles. The van der Waals surface area contributed by atoms with Gasteiger partial charge in [-0.1, -0.05) is 18.2 Å². The molecule has 3 N–H and O–H groups in total. The molecule has 0 aliphatic heterocycles. The number of aryl methyl sites for hydroxylation is 1. The number of nitrogens with two attached hydrogens (primary N) is 1. The molecule has 0 spiro atoms. The maximum atomic E-state index is 9.47. The maximum absolute atomic E-state index is 9.47. The van der Waals surface area contributed by atoms with Gasteiger partial charge >= 0.3 is 0 Å². The second kappa shape index (κ2) is 7.33. The lowest BCUT2D eigenvalue weighted by atomic mass is 9.80. The molecule has 1 saturated carbocycles. The number of ether oxygens (including phenoxy) is 1. The number of hydrogen-bond donors (Lipinski definition) is 2. The van der Waals surface area contributed by atoms with E-state index in [1.54, 1.807) is 18.2 Å². The van der Waals surface area contributed by atoms with Crippen molar-refractivity contribution in [1.82, 2.24) is 0 Å². The summed E-state index contributed by atoms with van der Waals surface area (Å²) >= 11 is 0. The third-order valence-corrected chi connectivity index (χ3v) is 5.95. The van der Waals surface area contributed by atoms with Crippen LogP contribution in [0, 0.1) is 5.92 Å². The fraction of sp³-hybridized carbons (Fsp3) is 0.700. The van der Waals surface area contributed by atoms with Crippen LogP contribution in [0.3, 0.4) is 0 Å². The van der Waals surface area contributed by atoms with Gasteiger partial charge in [0.05, 0.1) is 6.61 Å². The van der Waals surface area contributed by atoms with Crippen LogP contribution in [0.1, 0.15) is 61.1 Å². The van der Waals surface area contributed by atoms with Crippen LogP contribution in [0.25, 0.3) is 0 Å². The van der Waals surface area contributed by atoms with Crippen molar-refractivity contribution < 1.29 is 9.84 Å². The first-order chi connectivity index (χ1) is 11.1. The predicted molar refractivity (Wildman–Crippen MR) is 93.7 cm³/mol. The lowest BCUT2D eigenvalue weighted by molar-refractivity contribution is 0.185. The van der Waals surface area contributed by atoms with Crippen LogP contribution in [0.2, 0.25) is 0 Å². The van der Waals surface area contributed by atoms with E-state index in [1.807, 2.05) is 0 Å². The molecule has 2 aliphatic rings. The molecule has 0 bridgehead atoms. The first kappa shape index (κ1) is 16.9. The van der Waals surface area contributed by atoms with E-state index in [1.165, 1.54) is 37.7 Å². The molecule has 1 fully saturated rings. The van der Waals surface area contributed by atoms with Crippen molar-refractivity contribution in [1.29, 1.82) is 0 Å². The van der Waals surface area contributed by atoms with E-state index in [2.05, 4.69) is 18.2 Å². The van der Waals surface area contributed by atoms with Gasteiger partial charge in [-0.3, -0.25) is 0 Å². The Balaban J connectivity index is 1.63. The second-order valence-corrected chi connectivity index (χ2v) is 7.73. The molecule has 3 nitrogen and oxygen atoms in total. The summed E-state index contributed by atoms with van der Waals surface area (Å²) in [7, 11) is 1.79. The van der Waals surface area contributed by atoms with Crippen LogP contribution < -0.4 is 5.73 Å². The maximum Gasteiger partial charge on any atom is 0.0611 e. The Morgan fingerprint density at radius 2 is 2.17 bits per heavy atom. The highest BCUT2D eigenvalue weighted by molar-refractivity contribution is 5.36. The van der Waals surface area contributed by atoms with E-state index in [0.717, 1.165) is 31.8 Å². The average molecular weight is 317 g/mol. The van der Waals surface area contributed by atoms with Gasteiger partial charge in [0.25, 0.3) is 0 Å². The number of hydrogen-bond acceptors (Lipinski definition) is 3. The third-order valence-electron chi connectivity index (χ3n) is 5.95.